The van der Waals surface area contributed by atoms with Crippen molar-refractivity contribution in [3.63, 3.8) is 0 Å². The lowest BCUT2D eigenvalue weighted by Crippen LogP contribution is -2.54. The van der Waals surface area contributed by atoms with E-state index in [1.807, 2.05) is 6.92 Å². The summed E-state index contributed by atoms with van der Waals surface area (Å²) < 4.78 is 26.8. The summed E-state index contributed by atoms with van der Waals surface area (Å²) in [5.41, 5.74) is 0.898. The fourth-order valence-electron chi connectivity index (χ4n) is 2.57. The molecule has 1 fully saturated rings. The lowest BCUT2D eigenvalue weighted by atomic mass is 10.2. The third-order valence-corrected chi connectivity index (χ3v) is 5.75. The van der Waals surface area contributed by atoms with Crippen molar-refractivity contribution in [3.05, 3.63) is 36.4 Å². The van der Waals surface area contributed by atoms with Gasteiger partial charge in [0.1, 0.15) is 0 Å². The van der Waals surface area contributed by atoms with Crippen molar-refractivity contribution < 1.29 is 13.5 Å². The van der Waals surface area contributed by atoms with Crippen molar-refractivity contribution in [2.45, 2.75) is 17.9 Å². The van der Waals surface area contributed by atoms with E-state index in [1.165, 1.54) is 4.31 Å². The summed E-state index contributed by atoms with van der Waals surface area (Å²) in [5, 5.41) is 9.01. The van der Waals surface area contributed by atoms with Gasteiger partial charge in [-0.25, -0.2) is 8.42 Å². The molecular formula is C15H22N2O3S. The molecule has 0 aliphatic carbocycles. The number of hydrogen-bond donors (Lipinski definition) is 1. The van der Waals surface area contributed by atoms with Crippen LogP contribution in [0.1, 0.15) is 12.5 Å². The molecule has 1 saturated heterocycles. The van der Waals surface area contributed by atoms with Crippen LogP contribution in [0, 0.1) is 0 Å². The molecule has 1 unspecified atom stereocenters. The molecular weight excluding hydrogens is 288 g/mol. The normalized spacial score (nSPS) is 21.3. The number of aliphatic hydroxyl groups is 1. The first-order valence-corrected chi connectivity index (χ1v) is 8.50. The summed E-state index contributed by atoms with van der Waals surface area (Å²) in [6.45, 7) is 7.88. The summed E-state index contributed by atoms with van der Waals surface area (Å²) in [6.07, 6.45) is 1.69. The number of rotatable bonds is 5. The van der Waals surface area contributed by atoms with Gasteiger partial charge in [-0.05, 0) is 24.6 Å². The van der Waals surface area contributed by atoms with E-state index in [-0.39, 0.29) is 12.6 Å². The lowest BCUT2D eigenvalue weighted by molar-refractivity contribution is 0.104. The molecule has 1 N–H and O–H groups in total. The summed E-state index contributed by atoms with van der Waals surface area (Å²) in [7, 11) is -3.45. The van der Waals surface area contributed by atoms with Gasteiger partial charge in [-0.2, -0.15) is 4.31 Å². The molecule has 0 amide bonds. The van der Waals surface area contributed by atoms with Crippen LogP contribution in [0.15, 0.2) is 35.7 Å². The average molecular weight is 310 g/mol. The molecule has 5 nitrogen and oxygen atoms in total. The van der Waals surface area contributed by atoms with Crippen LogP contribution < -0.4 is 0 Å². The minimum Gasteiger partial charge on any atom is -0.395 e. The van der Waals surface area contributed by atoms with Gasteiger partial charge < -0.3 is 5.11 Å². The van der Waals surface area contributed by atoms with Crippen molar-refractivity contribution in [1.82, 2.24) is 9.21 Å². The zero-order chi connectivity index (χ0) is 15.5. The highest BCUT2D eigenvalue weighted by molar-refractivity contribution is 7.89. The first-order chi connectivity index (χ1) is 9.98. The number of piperazine rings is 1. The van der Waals surface area contributed by atoms with E-state index in [4.69, 9.17) is 5.11 Å². The van der Waals surface area contributed by atoms with Gasteiger partial charge in [0, 0.05) is 32.2 Å². The Hall–Kier alpha value is -1.21. The van der Waals surface area contributed by atoms with Crippen LogP contribution in [0.4, 0.5) is 0 Å². The SMILES string of the molecule is C=Cc1ccc(S(=O)(=O)N2CCN(CCO)C(C)C2)cc1. The molecule has 1 aromatic carbocycles. The fraction of sp³-hybridized carbons (Fsp3) is 0.467. The highest BCUT2D eigenvalue weighted by Gasteiger charge is 2.31. The number of aliphatic hydroxyl groups excluding tert-OH is 1. The summed E-state index contributed by atoms with van der Waals surface area (Å²) in [6, 6.07) is 6.86. The van der Waals surface area contributed by atoms with Gasteiger partial charge in [-0.1, -0.05) is 24.8 Å². The molecule has 0 radical (unpaired) electrons. The van der Waals surface area contributed by atoms with Crippen molar-refractivity contribution in [3.8, 4) is 0 Å². The van der Waals surface area contributed by atoms with Crippen LogP contribution in [0.2, 0.25) is 0 Å². The van der Waals surface area contributed by atoms with Crippen LogP contribution >= 0.6 is 0 Å². The molecule has 6 heteroatoms. The molecule has 21 heavy (non-hydrogen) atoms. The van der Waals surface area contributed by atoms with Crippen molar-refractivity contribution in [2.75, 3.05) is 32.8 Å². The maximum absolute atomic E-state index is 12.6. The van der Waals surface area contributed by atoms with Gasteiger partial charge in [0.05, 0.1) is 11.5 Å². The Kier molecular flexibility index (Phi) is 5.16. The summed E-state index contributed by atoms with van der Waals surface area (Å²) in [4.78, 5) is 2.42. The van der Waals surface area contributed by atoms with Crippen molar-refractivity contribution >= 4 is 16.1 Å². The smallest absolute Gasteiger partial charge is 0.243 e. The monoisotopic (exact) mass is 310 g/mol. The van der Waals surface area contributed by atoms with E-state index in [9.17, 15) is 8.42 Å². The third-order valence-electron chi connectivity index (χ3n) is 3.87. The van der Waals surface area contributed by atoms with Gasteiger partial charge in [0.15, 0.2) is 0 Å². The molecule has 1 aromatic rings. The molecule has 116 valence electrons. The first-order valence-electron chi connectivity index (χ1n) is 7.06. The molecule has 1 aliphatic rings. The van der Waals surface area contributed by atoms with Gasteiger partial charge >= 0.3 is 0 Å². The minimum absolute atomic E-state index is 0.0973. The van der Waals surface area contributed by atoms with Gasteiger partial charge in [-0.15, -0.1) is 0 Å². The van der Waals surface area contributed by atoms with Crippen molar-refractivity contribution in [1.29, 1.82) is 0 Å². The lowest BCUT2D eigenvalue weighted by Gasteiger charge is -2.38. The zero-order valence-electron chi connectivity index (χ0n) is 12.3. The van der Waals surface area contributed by atoms with E-state index in [0.29, 0.717) is 31.1 Å². The molecule has 0 saturated carbocycles. The Bertz CT molecular complexity index is 583. The number of sulfonamides is 1. The Balaban J connectivity index is 2.14. The van der Waals surface area contributed by atoms with Crippen LogP contribution in [0.25, 0.3) is 6.08 Å². The topological polar surface area (TPSA) is 60.9 Å². The maximum atomic E-state index is 12.6. The van der Waals surface area contributed by atoms with Crippen LogP contribution in [-0.2, 0) is 10.0 Å². The summed E-state index contributed by atoms with van der Waals surface area (Å²) >= 11 is 0. The molecule has 0 bridgehead atoms. The van der Waals surface area contributed by atoms with E-state index in [2.05, 4.69) is 11.5 Å². The van der Waals surface area contributed by atoms with Crippen LogP contribution in [0.5, 0.6) is 0 Å². The number of hydrogen-bond acceptors (Lipinski definition) is 4. The second kappa shape index (κ2) is 6.70. The zero-order valence-corrected chi connectivity index (χ0v) is 13.1. The molecule has 2 rings (SSSR count). The van der Waals surface area contributed by atoms with E-state index in [0.717, 1.165) is 5.56 Å². The van der Waals surface area contributed by atoms with Gasteiger partial charge in [0.2, 0.25) is 10.0 Å². The Morgan fingerprint density at radius 3 is 2.52 bits per heavy atom. The number of benzene rings is 1. The minimum atomic E-state index is -3.45. The second-order valence-electron chi connectivity index (χ2n) is 5.24. The standard InChI is InChI=1S/C15H22N2O3S/c1-3-14-4-6-15(7-5-14)21(19,20)17-9-8-16(10-11-18)13(2)12-17/h3-7,13,18H,1,8-12H2,2H3. The molecule has 1 aliphatic heterocycles. The van der Waals surface area contributed by atoms with E-state index >= 15 is 0 Å². The Labute approximate surface area is 126 Å². The summed E-state index contributed by atoms with van der Waals surface area (Å²) in [5.74, 6) is 0. The quantitative estimate of drug-likeness (QED) is 0.882. The predicted octanol–water partition coefficient (Wildman–Crippen LogP) is 1.02. The highest BCUT2D eigenvalue weighted by atomic mass is 32.2. The Morgan fingerprint density at radius 2 is 2.00 bits per heavy atom. The van der Waals surface area contributed by atoms with Gasteiger partial charge in [-0.3, -0.25) is 4.90 Å². The second-order valence-corrected chi connectivity index (χ2v) is 7.18. The predicted molar refractivity (Wildman–Crippen MR) is 83.4 cm³/mol. The van der Waals surface area contributed by atoms with Crippen molar-refractivity contribution in [2.24, 2.45) is 0 Å². The van der Waals surface area contributed by atoms with Crippen LogP contribution in [-0.4, -0.2) is 61.6 Å². The van der Waals surface area contributed by atoms with Crippen LogP contribution in [0.3, 0.4) is 0 Å². The number of nitrogens with zero attached hydrogens (tertiary/aromatic N) is 2. The highest BCUT2D eigenvalue weighted by Crippen LogP contribution is 2.20. The molecule has 0 spiro atoms. The molecule has 1 atom stereocenters. The van der Waals surface area contributed by atoms with E-state index < -0.39 is 10.0 Å². The molecule has 1 heterocycles. The largest absolute Gasteiger partial charge is 0.395 e. The number of β-amino-alcohol motifs (C(OH)–C–C–N with tert-alkyl or cyclic N) is 1. The first kappa shape index (κ1) is 16.2. The Morgan fingerprint density at radius 1 is 1.33 bits per heavy atom. The fourth-order valence-corrected chi connectivity index (χ4v) is 4.08. The van der Waals surface area contributed by atoms with Gasteiger partial charge in [0.25, 0.3) is 0 Å². The maximum Gasteiger partial charge on any atom is 0.243 e. The van der Waals surface area contributed by atoms with E-state index in [1.54, 1.807) is 30.3 Å². The molecule has 0 aromatic heterocycles. The third kappa shape index (κ3) is 3.52. The average Bonchev–Trinajstić information content (AvgIpc) is 2.49.